The first-order valence-corrected chi connectivity index (χ1v) is 10.1. The maximum Gasteiger partial charge on any atom is 0.341 e. The molecular formula is C24H26O9. The molecule has 0 aliphatic rings. The molecule has 2 aromatic carbocycles. The summed E-state index contributed by atoms with van der Waals surface area (Å²) in [7, 11) is 2.52. The summed E-state index contributed by atoms with van der Waals surface area (Å²) in [5, 5.41) is 0. The van der Waals surface area contributed by atoms with Gasteiger partial charge in [0.15, 0.2) is 11.6 Å². The number of hydrogen-bond acceptors (Lipinski definition) is 9. The fraction of sp³-hybridized carbons (Fsp3) is 0.333. The first-order valence-electron chi connectivity index (χ1n) is 10.1. The van der Waals surface area contributed by atoms with Crippen LogP contribution in [0.1, 0.15) is 55.3 Å². The number of Topliss-reactive ketones (excluding diaryl/α,β-unsaturated/α-hetero) is 2. The zero-order valence-electron chi connectivity index (χ0n) is 19.0. The number of carbonyl (C=O) groups is 4. The monoisotopic (exact) mass is 458 g/mol. The number of ether oxygens (including phenoxy) is 5. The van der Waals surface area contributed by atoms with Crippen LogP contribution in [0, 0.1) is 0 Å². The fourth-order valence-corrected chi connectivity index (χ4v) is 2.84. The van der Waals surface area contributed by atoms with E-state index in [9.17, 15) is 19.2 Å². The molecule has 9 nitrogen and oxygen atoms in total. The Morgan fingerprint density at radius 1 is 0.636 bits per heavy atom. The Balaban J connectivity index is 1.88. The zero-order valence-corrected chi connectivity index (χ0v) is 19.0. The molecule has 0 spiro atoms. The van der Waals surface area contributed by atoms with Gasteiger partial charge in [-0.3, -0.25) is 9.59 Å². The van der Waals surface area contributed by atoms with Crippen molar-refractivity contribution in [2.45, 2.75) is 13.8 Å². The van der Waals surface area contributed by atoms with E-state index >= 15 is 0 Å². The Hall–Kier alpha value is -3.72. The highest BCUT2D eigenvalue weighted by molar-refractivity contribution is 5.99. The number of carbonyl (C=O) groups excluding carboxylic acids is 4. The highest BCUT2D eigenvalue weighted by atomic mass is 16.5. The molecule has 2 rings (SSSR count). The summed E-state index contributed by atoms with van der Waals surface area (Å²) >= 11 is 0. The highest BCUT2D eigenvalue weighted by Crippen LogP contribution is 2.23. The SMILES string of the molecule is COC(=O)c1ccc(C(C)=O)c(OCCOCCOc2cc(C(C)=O)ccc2C(=O)OC)c1. The molecule has 0 bridgehead atoms. The second kappa shape index (κ2) is 12.4. The third kappa shape index (κ3) is 7.15. The predicted octanol–water partition coefficient (Wildman–Crippen LogP) is 3.14. The van der Waals surface area contributed by atoms with Gasteiger partial charge in [0.05, 0.1) is 38.6 Å². The van der Waals surface area contributed by atoms with Gasteiger partial charge in [0.1, 0.15) is 30.3 Å². The number of hydrogen-bond donors (Lipinski definition) is 0. The molecule has 176 valence electrons. The molecule has 0 N–H and O–H groups in total. The van der Waals surface area contributed by atoms with Crippen molar-refractivity contribution in [1.29, 1.82) is 0 Å². The standard InChI is InChI=1S/C24H26O9/c1-15(25)17-5-8-20(24(28)30-4)22(13-17)33-12-10-31-9-11-32-21-14-18(23(27)29-3)6-7-19(21)16(2)26/h5-8,13-14H,9-12H2,1-4H3. The number of rotatable bonds is 12. The van der Waals surface area contributed by atoms with E-state index in [-0.39, 0.29) is 60.6 Å². The quantitative estimate of drug-likeness (QED) is 0.269. The Labute approximate surface area is 191 Å². The van der Waals surface area contributed by atoms with Gasteiger partial charge < -0.3 is 23.7 Å². The van der Waals surface area contributed by atoms with Crippen LogP contribution in [0.2, 0.25) is 0 Å². The molecule has 33 heavy (non-hydrogen) atoms. The van der Waals surface area contributed by atoms with Gasteiger partial charge >= 0.3 is 11.9 Å². The normalized spacial score (nSPS) is 10.3. The second-order valence-electron chi connectivity index (χ2n) is 6.83. The Morgan fingerprint density at radius 3 is 1.70 bits per heavy atom. The minimum absolute atomic E-state index is 0.113. The average molecular weight is 458 g/mol. The Kier molecular flexibility index (Phi) is 9.56. The molecule has 0 aliphatic heterocycles. The van der Waals surface area contributed by atoms with Crippen molar-refractivity contribution in [3.05, 3.63) is 58.7 Å². The molecule has 0 heterocycles. The number of benzene rings is 2. The van der Waals surface area contributed by atoms with Crippen molar-refractivity contribution in [1.82, 2.24) is 0 Å². The van der Waals surface area contributed by atoms with Crippen LogP contribution in [-0.2, 0) is 14.2 Å². The van der Waals surface area contributed by atoms with Crippen LogP contribution in [0.5, 0.6) is 11.5 Å². The maximum atomic E-state index is 11.9. The summed E-state index contributed by atoms with van der Waals surface area (Å²) in [6.07, 6.45) is 0. The van der Waals surface area contributed by atoms with Gasteiger partial charge in [-0.15, -0.1) is 0 Å². The van der Waals surface area contributed by atoms with Crippen LogP contribution in [-0.4, -0.2) is 64.2 Å². The van der Waals surface area contributed by atoms with E-state index in [1.54, 1.807) is 0 Å². The third-order valence-corrected chi connectivity index (χ3v) is 4.55. The van der Waals surface area contributed by atoms with E-state index in [0.717, 1.165) is 0 Å². The smallest absolute Gasteiger partial charge is 0.341 e. The lowest BCUT2D eigenvalue weighted by Gasteiger charge is -2.13. The summed E-state index contributed by atoms with van der Waals surface area (Å²) in [6, 6.07) is 8.93. The highest BCUT2D eigenvalue weighted by Gasteiger charge is 2.16. The molecule has 0 atom stereocenters. The van der Waals surface area contributed by atoms with Crippen LogP contribution < -0.4 is 9.47 Å². The first-order chi connectivity index (χ1) is 15.8. The summed E-state index contributed by atoms with van der Waals surface area (Å²) in [5.74, 6) is -1.00. The summed E-state index contributed by atoms with van der Waals surface area (Å²) in [6.45, 7) is 3.41. The van der Waals surface area contributed by atoms with Crippen molar-refractivity contribution in [2.75, 3.05) is 40.6 Å². The molecule has 0 radical (unpaired) electrons. The van der Waals surface area contributed by atoms with Crippen molar-refractivity contribution < 1.29 is 42.9 Å². The van der Waals surface area contributed by atoms with Gasteiger partial charge in [-0.1, -0.05) is 6.07 Å². The fourth-order valence-electron chi connectivity index (χ4n) is 2.84. The van der Waals surface area contributed by atoms with Crippen LogP contribution in [0.3, 0.4) is 0 Å². The molecule has 0 unspecified atom stereocenters. The van der Waals surface area contributed by atoms with Crippen LogP contribution in [0.15, 0.2) is 36.4 Å². The van der Waals surface area contributed by atoms with Gasteiger partial charge in [0, 0.05) is 5.56 Å². The van der Waals surface area contributed by atoms with Crippen LogP contribution in [0.25, 0.3) is 0 Å². The van der Waals surface area contributed by atoms with E-state index in [1.807, 2.05) is 0 Å². The van der Waals surface area contributed by atoms with E-state index in [0.29, 0.717) is 11.1 Å². The molecule has 0 saturated carbocycles. The molecule has 0 aliphatic carbocycles. The van der Waals surface area contributed by atoms with E-state index in [1.165, 1.54) is 64.5 Å². The lowest BCUT2D eigenvalue weighted by molar-refractivity contribution is 0.0579. The Morgan fingerprint density at radius 2 is 1.15 bits per heavy atom. The first kappa shape index (κ1) is 25.5. The third-order valence-electron chi connectivity index (χ3n) is 4.55. The molecule has 2 aromatic rings. The lowest BCUT2D eigenvalue weighted by atomic mass is 10.1. The van der Waals surface area contributed by atoms with Crippen molar-refractivity contribution in [3.8, 4) is 11.5 Å². The number of ketones is 2. The predicted molar refractivity (Wildman–Crippen MR) is 117 cm³/mol. The van der Waals surface area contributed by atoms with Crippen molar-refractivity contribution in [2.24, 2.45) is 0 Å². The number of esters is 2. The van der Waals surface area contributed by atoms with Gasteiger partial charge in [0.25, 0.3) is 0 Å². The maximum absolute atomic E-state index is 11.9. The van der Waals surface area contributed by atoms with Gasteiger partial charge in [-0.05, 0) is 44.2 Å². The minimum atomic E-state index is -0.579. The largest absolute Gasteiger partial charge is 0.490 e. The zero-order chi connectivity index (χ0) is 24.4. The van der Waals surface area contributed by atoms with Crippen LogP contribution in [0.4, 0.5) is 0 Å². The topological polar surface area (TPSA) is 114 Å². The lowest BCUT2D eigenvalue weighted by Crippen LogP contribution is -2.15. The van der Waals surface area contributed by atoms with E-state index in [2.05, 4.69) is 4.74 Å². The second-order valence-corrected chi connectivity index (χ2v) is 6.83. The van der Waals surface area contributed by atoms with Crippen molar-refractivity contribution >= 4 is 23.5 Å². The molecule has 0 aromatic heterocycles. The van der Waals surface area contributed by atoms with Gasteiger partial charge in [-0.25, -0.2) is 9.59 Å². The molecule has 0 amide bonds. The summed E-state index contributed by atoms with van der Waals surface area (Å²) < 4.78 is 26.1. The average Bonchev–Trinajstić information content (AvgIpc) is 2.81. The molecule has 0 saturated heterocycles. The Bertz CT molecular complexity index is 1030. The number of methoxy groups -OCH3 is 2. The van der Waals surface area contributed by atoms with Crippen molar-refractivity contribution in [3.63, 3.8) is 0 Å². The summed E-state index contributed by atoms with van der Waals surface area (Å²) in [4.78, 5) is 47.0. The van der Waals surface area contributed by atoms with E-state index < -0.39 is 11.9 Å². The van der Waals surface area contributed by atoms with Gasteiger partial charge in [0.2, 0.25) is 0 Å². The van der Waals surface area contributed by atoms with Crippen LogP contribution >= 0.6 is 0 Å². The van der Waals surface area contributed by atoms with E-state index in [4.69, 9.17) is 18.9 Å². The van der Waals surface area contributed by atoms with Gasteiger partial charge in [-0.2, -0.15) is 0 Å². The minimum Gasteiger partial charge on any atom is -0.490 e. The molecule has 0 fully saturated rings. The molecular weight excluding hydrogens is 432 g/mol. The molecule has 9 heteroatoms. The summed E-state index contributed by atoms with van der Waals surface area (Å²) in [5.41, 5.74) is 1.21.